The van der Waals surface area contributed by atoms with Gasteiger partial charge in [0, 0.05) is 0 Å². The van der Waals surface area contributed by atoms with Crippen LogP contribution >= 0.6 is 0 Å². The molecule has 0 aliphatic carbocycles. The highest BCUT2D eigenvalue weighted by Crippen LogP contribution is 1.94. The van der Waals surface area contributed by atoms with Gasteiger partial charge in [0.15, 0.2) is 5.82 Å². The molecule has 2 N–H and O–H groups in total. The summed E-state index contributed by atoms with van der Waals surface area (Å²) in [5.41, 5.74) is 0. The Balaban J connectivity index is 2.13. The van der Waals surface area contributed by atoms with Crippen LogP contribution < -0.4 is 5.32 Å². The van der Waals surface area contributed by atoms with Crippen LogP contribution in [0.4, 0.5) is 0 Å². The van der Waals surface area contributed by atoms with Crippen molar-refractivity contribution in [1.82, 2.24) is 15.5 Å². The van der Waals surface area contributed by atoms with Gasteiger partial charge in [0.05, 0.1) is 12.6 Å². The number of aliphatic hydroxyl groups is 1. The minimum atomic E-state index is -0.267. The van der Waals surface area contributed by atoms with Crippen molar-refractivity contribution >= 4 is 0 Å². The molecule has 0 saturated carbocycles. The van der Waals surface area contributed by atoms with Crippen LogP contribution in [0.1, 0.15) is 25.1 Å². The number of aromatic nitrogens is 2. The summed E-state index contributed by atoms with van der Waals surface area (Å²) in [6.07, 6.45) is 0.463. The Morgan fingerprint density at radius 2 is 2.38 bits per heavy atom. The zero-order valence-electron chi connectivity index (χ0n) is 7.95. The molecule has 0 radical (unpaired) electrons. The molecule has 0 aliphatic rings. The maximum absolute atomic E-state index is 8.96. The van der Waals surface area contributed by atoms with Gasteiger partial charge < -0.3 is 14.9 Å². The highest BCUT2D eigenvalue weighted by atomic mass is 16.5. The van der Waals surface area contributed by atoms with Crippen molar-refractivity contribution in [3.05, 3.63) is 11.7 Å². The summed E-state index contributed by atoms with van der Waals surface area (Å²) in [5.74, 6) is 1.23. The average molecular weight is 185 g/mol. The molecule has 74 valence electrons. The maximum atomic E-state index is 8.96. The van der Waals surface area contributed by atoms with Gasteiger partial charge in [-0.2, -0.15) is 4.98 Å². The topological polar surface area (TPSA) is 71.2 Å². The first-order chi connectivity index (χ1) is 6.18. The predicted octanol–water partition coefficient (Wildman–Crippen LogP) is 0.239. The van der Waals surface area contributed by atoms with E-state index < -0.39 is 0 Å². The molecule has 1 heterocycles. The van der Waals surface area contributed by atoms with E-state index in [2.05, 4.69) is 15.5 Å². The Kier molecular flexibility index (Phi) is 3.85. The Labute approximate surface area is 77.2 Å². The van der Waals surface area contributed by atoms with E-state index in [1.54, 1.807) is 13.8 Å². The van der Waals surface area contributed by atoms with Crippen LogP contribution in [0.2, 0.25) is 0 Å². The number of hydrogen-bond acceptors (Lipinski definition) is 5. The van der Waals surface area contributed by atoms with E-state index in [1.165, 1.54) is 0 Å². The number of nitrogens with one attached hydrogen (secondary N) is 1. The summed E-state index contributed by atoms with van der Waals surface area (Å²) in [7, 11) is 0. The van der Waals surface area contributed by atoms with Gasteiger partial charge in [0.1, 0.15) is 0 Å². The van der Waals surface area contributed by atoms with E-state index in [1.807, 2.05) is 0 Å². The summed E-state index contributed by atoms with van der Waals surface area (Å²) >= 11 is 0. The third-order valence-electron chi connectivity index (χ3n) is 1.58. The second-order valence-electron chi connectivity index (χ2n) is 3.05. The van der Waals surface area contributed by atoms with Gasteiger partial charge in [-0.1, -0.05) is 5.16 Å². The van der Waals surface area contributed by atoms with Crippen molar-refractivity contribution in [2.24, 2.45) is 0 Å². The first-order valence-electron chi connectivity index (χ1n) is 4.36. The van der Waals surface area contributed by atoms with E-state index in [0.29, 0.717) is 18.3 Å². The molecule has 5 heteroatoms. The molecule has 1 unspecified atom stereocenters. The second kappa shape index (κ2) is 4.94. The van der Waals surface area contributed by atoms with E-state index >= 15 is 0 Å². The van der Waals surface area contributed by atoms with Crippen LogP contribution in [0, 0.1) is 6.92 Å². The second-order valence-corrected chi connectivity index (χ2v) is 3.05. The normalized spacial score (nSPS) is 13.2. The average Bonchev–Trinajstić information content (AvgIpc) is 2.45. The summed E-state index contributed by atoms with van der Waals surface area (Å²) in [6.45, 7) is 4.86. The SMILES string of the molecule is Cc1noc(CNCCC(C)O)n1. The zero-order valence-corrected chi connectivity index (χ0v) is 7.95. The van der Waals surface area contributed by atoms with Gasteiger partial charge >= 0.3 is 0 Å². The van der Waals surface area contributed by atoms with Crippen molar-refractivity contribution in [2.45, 2.75) is 32.9 Å². The molecule has 0 aromatic carbocycles. The molecule has 0 aliphatic heterocycles. The van der Waals surface area contributed by atoms with Crippen molar-refractivity contribution in [3.63, 3.8) is 0 Å². The lowest BCUT2D eigenvalue weighted by molar-refractivity contribution is 0.183. The quantitative estimate of drug-likeness (QED) is 0.643. The summed E-state index contributed by atoms with van der Waals surface area (Å²) < 4.78 is 4.89. The number of rotatable bonds is 5. The Hall–Kier alpha value is -0.940. The van der Waals surface area contributed by atoms with Crippen LogP contribution in [-0.2, 0) is 6.54 Å². The van der Waals surface area contributed by atoms with E-state index in [4.69, 9.17) is 9.63 Å². The van der Waals surface area contributed by atoms with Crippen LogP contribution in [0.15, 0.2) is 4.52 Å². The van der Waals surface area contributed by atoms with Gasteiger partial charge in [0.2, 0.25) is 5.89 Å². The number of aryl methyl sites for hydroxylation is 1. The van der Waals surface area contributed by atoms with Crippen molar-refractivity contribution < 1.29 is 9.63 Å². The predicted molar refractivity (Wildman–Crippen MR) is 47.0 cm³/mol. The molecule has 0 amide bonds. The third kappa shape index (κ3) is 4.00. The third-order valence-corrected chi connectivity index (χ3v) is 1.58. The Bertz CT molecular complexity index is 247. The molecular weight excluding hydrogens is 170 g/mol. The first kappa shape index (κ1) is 10.1. The molecular formula is C8H15N3O2. The monoisotopic (exact) mass is 185 g/mol. The Morgan fingerprint density at radius 3 is 2.92 bits per heavy atom. The molecule has 0 spiro atoms. The molecule has 1 aromatic heterocycles. The van der Waals surface area contributed by atoms with Gasteiger partial charge in [0.25, 0.3) is 0 Å². The lowest BCUT2D eigenvalue weighted by Crippen LogP contribution is -2.18. The highest BCUT2D eigenvalue weighted by Gasteiger charge is 2.01. The number of hydrogen-bond donors (Lipinski definition) is 2. The van der Waals surface area contributed by atoms with E-state index in [-0.39, 0.29) is 6.10 Å². The van der Waals surface area contributed by atoms with E-state index in [9.17, 15) is 0 Å². The maximum Gasteiger partial charge on any atom is 0.240 e. The van der Waals surface area contributed by atoms with Crippen LogP contribution in [0.25, 0.3) is 0 Å². The van der Waals surface area contributed by atoms with Gasteiger partial charge in [-0.15, -0.1) is 0 Å². The number of nitrogens with zero attached hydrogens (tertiary/aromatic N) is 2. The molecule has 0 fully saturated rings. The summed E-state index contributed by atoms with van der Waals surface area (Å²) in [6, 6.07) is 0. The minimum absolute atomic E-state index is 0.267. The van der Waals surface area contributed by atoms with Crippen LogP contribution in [0.5, 0.6) is 0 Å². The molecule has 13 heavy (non-hydrogen) atoms. The lowest BCUT2D eigenvalue weighted by atomic mass is 10.3. The molecule has 0 saturated heterocycles. The van der Waals surface area contributed by atoms with E-state index in [0.717, 1.165) is 13.0 Å². The molecule has 1 rings (SSSR count). The fourth-order valence-corrected chi connectivity index (χ4v) is 0.918. The minimum Gasteiger partial charge on any atom is -0.393 e. The standard InChI is InChI=1S/C8H15N3O2/c1-6(12)3-4-9-5-8-10-7(2)11-13-8/h6,9,12H,3-5H2,1-2H3. The molecule has 1 aromatic rings. The van der Waals surface area contributed by atoms with Gasteiger partial charge in [-0.3, -0.25) is 0 Å². The fraction of sp³-hybridized carbons (Fsp3) is 0.750. The Morgan fingerprint density at radius 1 is 1.62 bits per heavy atom. The van der Waals surface area contributed by atoms with Crippen LogP contribution in [0.3, 0.4) is 0 Å². The van der Waals surface area contributed by atoms with Crippen molar-refractivity contribution in [2.75, 3.05) is 6.54 Å². The molecule has 1 atom stereocenters. The molecule has 5 nitrogen and oxygen atoms in total. The van der Waals surface area contributed by atoms with Crippen molar-refractivity contribution in [3.8, 4) is 0 Å². The van der Waals surface area contributed by atoms with Crippen LogP contribution in [-0.4, -0.2) is 27.9 Å². The number of aliphatic hydroxyl groups excluding tert-OH is 1. The zero-order chi connectivity index (χ0) is 9.68. The highest BCUT2D eigenvalue weighted by molar-refractivity contribution is 4.81. The fourth-order valence-electron chi connectivity index (χ4n) is 0.918. The summed E-state index contributed by atoms with van der Waals surface area (Å²) in [5, 5.41) is 15.7. The van der Waals surface area contributed by atoms with Gasteiger partial charge in [-0.05, 0) is 26.8 Å². The molecule has 0 bridgehead atoms. The summed E-state index contributed by atoms with van der Waals surface area (Å²) in [4.78, 5) is 4.02. The smallest absolute Gasteiger partial charge is 0.240 e. The van der Waals surface area contributed by atoms with Crippen molar-refractivity contribution in [1.29, 1.82) is 0 Å². The first-order valence-corrected chi connectivity index (χ1v) is 4.36. The van der Waals surface area contributed by atoms with Gasteiger partial charge in [-0.25, -0.2) is 0 Å². The largest absolute Gasteiger partial charge is 0.393 e. The lowest BCUT2D eigenvalue weighted by Gasteiger charge is -2.03.